The van der Waals surface area contributed by atoms with E-state index in [1.165, 1.54) is 17.8 Å². The third-order valence-electron chi connectivity index (χ3n) is 15.5. The average Bonchev–Trinajstić information content (AvgIpc) is 0.976. The highest BCUT2D eigenvalue weighted by Gasteiger charge is 2.50. The topological polar surface area (TPSA) is 206 Å². The zero-order chi connectivity index (χ0) is 59.9. The number of nitrogens with one attached hydrogen (secondary N) is 4. The molecule has 6 heterocycles. The fraction of sp³-hybridized carbons (Fsp3) is 0.323. The Labute approximate surface area is 487 Å². The summed E-state index contributed by atoms with van der Waals surface area (Å²) in [6, 6.07) is 27.9. The second-order valence-corrected chi connectivity index (χ2v) is 21.8. The van der Waals surface area contributed by atoms with Crippen LogP contribution in [0.15, 0.2) is 108 Å². The van der Waals surface area contributed by atoms with Gasteiger partial charge in [0.1, 0.15) is 34.6 Å². The smallest absolute Gasteiger partial charge is 0.361 e. The van der Waals surface area contributed by atoms with Crippen molar-refractivity contribution < 1.29 is 64.5 Å². The molecule has 1 aliphatic carbocycles. The van der Waals surface area contributed by atoms with Crippen molar-refractivity contribution in [3.05, 3.63) is 131 Å². The number of rotatable bonds is 21. The summed E-state index contributed by atoms with van der Waals surface area (Å²) in [5, 5.41) is 15.5. The van der Waals surface area contributed by atoms with Crippen LogP contribution >= 0.6 is 0 Å². The first-order chi connectivity index (χ1) is 41.4. The number of nitrogens with zero attached hydrogens (tertiary/aromatic N) is 6. The van der Waals surface area contributed by atoms with Crippen LogP contribution < -0.4 is 35.1 Å². The van der Waals surface area contributed by atoms with Gasteiger partial charge >= 0.3 is 11.9 Å². The van der Waals surface area contributed by atoms with Crippen LogP contribution in [-0.2, 0) is 14.3 Å². The van der Waals surface area contributed by atoms with Crippen molar-refractivity contribution in [2.24, 2.45) is 0 Å². The molecule has 0 spiro atoms. The average molecular weight is 1190 g/mol. The summed E-state index contributed by atoms with van der Waals surface area (Å²) in [6.45, 7) is 2.27. The highest BCUT2D eigenvalue weighted by Crippen LogP contribution is 2.45. The summed E-state index contributed by atoms with van der Waals surface area (Å²) >= 11 is 0. The summed E-state index contributed by atoms with van der Waals surface area (Å²) in [7, 11) is 2.15. The van der Waals surface area contributed by atoms with Gasteiger partial charge in [0.15, 0.2) is 5.82 Å². The van der Waals surface area contributed by atoms with E-state index in [4.69, 9.17) is 28.6 Å². The van der Waals surface area contributed by atoms with Crippen LogP contribution in [0.1, 0.15) is 33.6 Å². The molecule has 0 saturated carbocycles. The molecule has 0 atom stereocenters. The summed E-state index contributed by atoms with van der Waals surface area (Å²) in [5.74, 6) is -8.19. The Morgan fingerprint density at radius 2 is 1.37 bits per heavy atom. The van der Waals surface area contributed by atoms with E-state index in [1.54, 1.807) is 0 Å². The van der Waals surface area contributed by atoms with Crippen LogP contribution in [0.25, 0.3) is 78.3 Å². The standard InChI is InChI=1S/C62H58F6N10O8/c1-75-16-18-76(19-17-75)39-8-13-48-50(27-39)74-58(72-48)37-7-12-47-49(26-37)73-57(71-47)36-4-9-40(10-5-36)85-20-2-3-55(79)69-14-21-83-23-24-84-22-15-70-59(80)38-6-11-41(60(81)82)42(25-38)56-43-28-45(63)51(77-32-61(65,66)33-77)30-53(43)86-54-31-52(46(64)29-44(54)56)78-34-62(67,68)35-78/h4-13,25-31H,2-3,14-24,32-35H2,1H3,(H4-,69,70,71,72,73,74,79,80,81,82)/p+1. The Bertz CT molecular complexity index is 4090. The largest absolute Gasteiger partial charge is 0.494 e. The van der Waals surface area contributed by atoms with E-state index in [0.717, 1.165) is 111 Å². The van der Waals surface area contributed by atoms with Crippen LogP contribution in [0.4, 0.5) is 37.7 Å². The molecule has 4 aliphatic heterocycles. The Morgan fingerprint density at radius 1 is 0.698 bits per heavy atom. The van der Waals surface area contributed by atoms with Gasteiger partial charge in [-0.15, -0.1) is 0 Å². The number of halogens is 6. The number of aromatic nitrogens is 4. The molecular formula is C62H59F6N10O8+. The van der Waals surface area contributed by atoms with E-state index in [9.17, 15) is 37.1 Å². The lowest BCUT2D eigenvalue weighted by atomic mass is 9.89. The molecule has 0 unspecified atom stereocenters. The number of fused-ring (bicyclic) bond motifs is 4. The number of imidazole rings is 2. The molecule has 2 amide bonds. The normalized spacial score (nSPS) is 15.8. The highest BCUT2D eigenvalue weighted by molar-refractivity contribution is 6.09. The van der Waals surface area contributed by atoms with Crippen LogP contribution in [0.3, 0.4) is 0 Å². The van der Waals surface area contributed by atoms with Gasteiger partial charge in [-0.05, 0) is 110 Å². The van der Waals surface area contributed by atoms with Gasteiger partial charge in [0.2, 0.25) is 24.4 Å². The molecule has 5 aromatic carbocycles. The molecule has 24 heteroatoms. The Kier molecular flexibility index (Phi) is 15.9. The predicted molar refractivity (Wildman–Crippen MR) is 310 cm³/mol. The SMILES string of the molecule is CN1CCN(c2ccc3nc(-c4ccc5nc(-c6ccc(OCCCC(=O)NCCOCCOCCNC(=O)c7ccc(C(=O)O)c(-c8c9cc(F)c(=[N+]%10CC(F)(F)C%10)cc-9oc9cc(N%10CC(F)(F)C%10)c(F)cc89)c7)cc6)[nH]c5c4)[nH]c3c2)CC1. The number of ether oxygens (including phenoxy) is 3. The number of piperazine rings is 1. The van der Waals surface area contributed by atoms with Crippen molar-refractivity contribution in [3.63, 3.8) is 0 Å². The zero-order valence-corrected chi connectivity index (χ0v) is 46.6. The number of hydrogen-bond acceptors (Lipinski definition) is 12. The van der Waals surface area contributed by atoms with Gasteiger partial charge in [-0.25, -0.2) is 32.5 Å². The molecule has 3 fully saturated rings. The number of hydrogen-bond donors (Lipinski definition) is 5. The summed E-state index contributed by atoms with van der Waals surface area (Å²) in [6.07, 6.45) is 0.743. The van der Waals surface area contributed by atoms with Crippen molar-refractivity contribution in [2.45, 2.75) is 24.7 Å². The minimum atomic E-state index is -3.06. The van der Waals surface area contributed by atoms with Gasteiger partial charge in [0.25, 0.3) is 11.8 Å². The van der Waals surface area contributed by atoms with Gasteiger partial charge in [0.05, 0.1) is 85.5 Å². The third kappa shape index (κ3) is 12.4. The summed E-state index contributed by atoms with van der Waals surface area (Å²) in [5.41, 5.74) is 5.68. The first-order valence-corrected chi connectivity index (χ1v) is 28.1. The van der Waals surface area contributed by atoms with Gasteiger partial charge in [-0.2, -0.15) is 13.2 Å². The molecular weight excluding hydrogens is 1130 g/mol. The number of anilines is 2. The fourth-order valence-electron chi connectivity index (χ4n) is 11.0. The number of aromatic carboxylic acids is 1. The van der Waals surface area contributed by atoms with E-state index < -0.39 is 61.5 Å². The maximum Gasteiger partial charge on any atom is 0.361 e. The monoisotopic (exact) mass is 1190 g/mol. The molecule has 7 aromatic rings. The summed E-state index contributed by atoms with van der Waals surface area (Å²) in [4.78, 5) is 61.2. The third-order valence-corrected chi connectivity index (χ3v) is 15.5. The van der Waals surface area contributed by atoms with Crippen LogP contribution in [-0.4, -0.2) is 165 Å². The number of likely N-dealkylation sites (N-methyl/N-ethyl adjacent to an activating group) is 1. The van der Waals surface area contributed by atoms with Gasteiger partial charge in [0, 0.05) is 90.6 Å². The molecule has 3 saturated heterocycles. The van der Waals surface area contributed by atoms with E-state index >= 15 is 8.78 Å². The maximum atomic E-state index is 15.8. The molecule has 0 bridgehead atoms. The number of carbonyl (C=O) groups excluding carboxylic acids is 2. The molecule has 2 aromatic heterocycles. The van der Waals surface area contributed by atoms with Crippen LogP contribution in [0.2, 0.25) is 0 Å². The first-order valence-electron chi connectivity index (χ1n) is 28.1. The number of aromatic amines is 2. The Morgan fingerprint density at radius 3 is 2.07 bits per heavy atom. The van der Waals surface area contributed by atoms with Crippen LogP contribution in [0, 0.1) is 11.6 Å². The fourth-order valence-corrected chi connectivity index (χ4v) is 11.0. The Hall–Kier alpha value is -9.00. The van der Waals surface area contributed by atoms with E-state index in [-0.39, 0.29) is 107 Å². The van der Waals surface area contributed by atoms with Crippen LogP contribution in [0.5, 0.6) is 5.75 Å². The van der Waals surface area contributed by atoms with Crippen molar-refractivity contribution in [1.82, 2.24) is 40.0 Å². The van der Waals surface area contributed by atoms with Crippen molar-refractivity contribution in [1.29, 1.82) is 0 Å². The molecule has 12 rings (SSSR count). The van der Waals surface area contributed by atoms with Gasteiger partial charge in [-0.1, -0.05) is 0 Å². The molecule has 446 valence electrons. The second-order valence-electron chi connectivity index (χ2n) is 21.8. The molecule has 0 radical (unpaired) electrons. The first kappa shape index (κ1) is 57.4. The predicted octanol–water partition coefficient (Wildman–Crippen LogP) is 8.63. The number of H-pyrrole nitrogens is 2. The minimum Gasteiger partial charge on any atom is -0.494 e. The van der Waals surface area contributed by atoms with E-state index in [0.29, 0.717) is 18.8 Å². The number of alkyl halides is 4. The van der Waals surface area contributed by atoms with Gasteiger partial charge < -0.3 is 59.0 Å². The van der Waals surface area contributed by atoms with Gasteiger partial charge in [-0.3, -0.25) is 9.59 Å². The lowest BCUT2D eigenvalue weighted by molar-refractivity contribution is -0.121. The highest BCUT2D eigenvalue weighted by atomic mass is 19.3. The number of amides is 2. The maximum absolute atomic E-state index is 15.8. The lowest BCUT2D eigenvalue weighted by Crippen LogP contribution is -2.58. The number of carbonyl (C=O) groups is 3. The molecule has 86 heavy (non-hydrogen) atoms. The summed E-state index contributed by atoms with van der Waals surface area (Å²) < 4.78 is 111. The number of benzene rings is 6. The lowest BCUT2D eigenvalue weighted by Gasteiger charge is -2.40. The van der Waals surface area contributed by atoms with E-state index in [1.807, 2.05) is 36.4 Å². The quantitative estimate of drug-likeness (QED) is 0.0198. The molecule has 18 nitrogen and oxygen atoms in total. The zero-order valence-electron chi connectivity index (χ0n) is 46.6. The molecule has 5 N–H and O–H groups in total. The minimum absolute atomic E-state index is 0.0254. The van der Waals surface area contributed by atoms with Crippen molar-refractivity contribution >= 4 is 62.2 Å². The number of carboxylic acids is 1. The van der Waals surface area contributed by atoms with E-state index in [2.05, 4.69) is 61.7 Å². The van der Waals surface area contributed by atoms with Crippen molar-refractivity contribution in [2.75, 3.05) is 115 Å². The second kappa shape index (κ2) is 23.8. The van der Waals surface area contributed by atoms with Crippen molar-refractivity contribution in [3.8, 4) is 51.0 Å². The Balaban J connectivity index is 0.573. The number of carboxylic acid groups (broad SMARTS) is 1. The molecule has 5 aliphatic rings.